The Morgan fingerprint density at radius 2 is 1.71 bits per heavy atom. The maximum Gasteiger partial charge on any atom is 0.174 e. The largest absolute Gasteiger partial charge is 0.305 e. The fraction of sp³-hybridized carbons (Fsp3) is 1.00. The van der Waals surface area contributed by atoms with E-state index in [1.165, 1.54) is 6.92 Å². The van der Waals surface area contributed by atoms with Gasteiger partial charge in [0.25, 0.3) is 0 Å². The zero-order valence-corrected chi connectivity index (χ0v) is 12.6. The third kappa shape index (κ3) is 4.67. The maximum atomic E-state index is 12.1. The normalized spacial score (nSPS) is 17.6. The minimum atomic E-state index is -3.51. The van der Waals surface area contributed by atoms with Crippen molar-refractivity contribution in [1.82, 2.24) is 0 Å². The van der Waals surface area contributed by atoms with Crippen molar-refractivity contribution in [2.45, 2.75) is 63.4 Å². The Labute approximate surface area is 107 Å². The fourth-order valence-electron chi connectivity index (χ4n) is 1.74. The molecule has 17 heavy (non-hydrogen) atoms. The van der Waals surface area contributed by atoms with E-state index in [4.69, 9.17) is 0 Å². The molecule has 0 rings (SSSR count). The van der Waals surface area contributed by atoms with Crippen LogP contribution in [-0.4, -0.2) is 27.0 Å². The van der Waals surface area contributed by atoms with Crippen LogP contribution >= 0.6 is 0 Å². The summed E-state index contributed by atoms with van der Waals surface area (Å²) >= 11 is -2.33. The predicted octanol–water partition coefficient (Wildman–Crippen LogP) is 2.72. The number of hydrogen-bond acceptors (Lipinski definition) is 3. The Morgan fingerprint density at radius 1 is 1.12 bits per heavy atom. The first-order valence-corrected chi connectivity index (χ1v) is 8.91. The van der Waals surface area contributed by atoms with Crippen molar-refractivity contribution in [3.05, 3.63) is 0 Å². The fourth-order valence-corrected chi connectivity index (χ4v) is 4.77. The molecule has 0 heterocycles. The van der Waals surface area contributed by atoms with Crippen molar-refractivity contribution in [2.24, 2.45) is 0 Å². The van der Waals surface area contributed by atoms with Crippen LogP contribution in [-0.2, 0) is 20.9 Å². The van der Waals surface area contributed by atoms with E-state index in [9.17, 15) is 17.2 Å². The minimum absolute atomic E-state index is 0.00972. The van der Waals surface area contributed by atoms with Gasteiger partial charge in [0.1, 0.15) is 0 Å². The van der Waals surface area contributed by atoms with Crippen LogP contribution < -0.4 is 0 Å². The molecule has 0 spiro atoms. The van der Waals surface area contributed by atoms with Crippen molar-refractivity contribution < 1.29 is 17.2 Å². The van der Waals surface area contributed by atoms with E-state index in [0.717, 1.165) is 19.3 Å². The monoisotopic (exact) mass is 284 g/mol. The highest BCUT2D eigenvalue weighted by molar-refractivity contribution is 8.05. The van der Waals surface area contributed by atoms with Gasteiger partial charge in [0, 0.05) is 0 Å². The smallest absolute Gasteiger partial charge is 0.174 e. The summed E-state index contributed by atoms with van der Waals surface area (Å²) in [5, 5.41) is 0. The molecule has 1 N–H and O–H groups in total. The molecule has 0 aromatic carbocycles. The topological polar surface area (TPSA) is 71.4 Å². The Hall–Kier alpha value is 0.0600. The van der Waals surface area contributed by atoms with E-state index >= 15 is 0 Å². The minimum Gasteiger partial charge on any atom is -0.305 e. The Balaban J connectivity index is 4.68. The summed E-state index contributed by atoms with van der Waals surface area (Å²) in [6.45, 7) is 5.25. The highest BCUT2D eigenvalue weighted by Crippen LogP contribution is 2.28. The SMILES string of the molecule is CCCCCCS(=O)(=O)C(C)(CCC)S(=O)O. The van der Waals surface area contributed by atoms with Gasteiger partial charge in [0.15, 0.2) is 25.0 Å². The van der Waals surface area contributed by atoms with Crippen molar-refractivity contribution in [3.63, 3.8) is 0 Å². The lowest BCUT2D eigenvalue weighted by molar-refractivity contribution is 0.511. The van der Waals surface area contributed by atoms with Gasteiger partial charge in [-0.05, 0) is 19.8 Å². The lowest BCUT2D eigenvalue weighted by Gasteiger charge is -2.25. The summed E-state index contributed by atoms with van der Waals surface area (Å²) in [4.78, 5) is 0. The number of unbranched alkanes of at least 4 members (excludes halogenated alkanes) is 3. The van der Waals surface area contributed by atoms with Crippen LogP contribution in [0, 0.1) is 0 Å². The predicted molar refractivity (Wildman–Crippen MR) is 72.0 cm³/mol. The van der Waals surface area contributed by atoms with Crippen molar-refractivity contribution >= 4 is 20.9 Å². The van der Waals surface area contributed by atoms with Gasteiger partial charge in [0.2, 0.25) is 0 Å². The summed E-state index contributed by atoms with van der Waals surface area (Å²) < 4.78 is 43.2. The molecule has 0 aliphatic heterocycles. The second-order valence-electron chi connectivity index (χ2n) is 4.51. The molecular weight excluding hydrogens is 260 g/mol. The maximum absolute atomic E-state index is 12.1. The van der Waals surface area contributed by atoms with Gasteiger partial charge in [-0.25, -0.2) is 12.6 Å². The standard InChI is InChI=1S/C11H24O4S2/c1-4-6-7-8-10-17(14,15)11(3,9-5-2)16(12)13/h4-10H2,1-3H3,(H,12,13). The molecule has 2 unspecified atom stereocenters. The van der Waals surface area contributed by atoms with Crippen LogP contribution in [0.4, 0.5) is 0 Å². The van der Waals surface area contributed by atoms with Gasteiger partial charge in [-0.1, -0.05) is 39.5 Å². The summed E-state index contributed by atoms with van der Waals surface area (Å²) in [5.41, 5.74) is 0. The van der Waals surface area contributed by atoms with Crippen molar-refractivity contribution in [3.8, 4) is 0 Å². The Kier molecular flexibility index (Phi) is 7.51. The molecule has 0 radical (unpaired) electrons. The lowest BCUT2D eigenvalue weighted by Crippen LogP contribution is -2.41. The molecule has 0 bridgehead atoms. The number of hydrogen-bond donors (Lipinski definition) is 1. The van der Waals surface area contributed by atoms with Gasteiger partial charge in [-0.2, -0.15) is 0 Å². The molecular formula is C11H24O4S2. The van der Waals surface area contributed by atoms with Crippen LogP contribution in [0.5, 0.6) is 0 Å². The van der Waals surface area contributed by atoms with Crippen LogP contribution in [0.3, 0.4) is 0 Å². The van der Waals surface area contributed by atoms with Crippen LogP contribution in [0.1, 0.15) is 59.3 Å². The van der Waals surface area contributed by atoms with Crippen LogP contribution in [0.25, 0.3) is 0 Å². The van der Waals surface area contributed by atoms with E-state index in [1.807, 2.05) is 6.92 Å². The average Bonchev–Trinajstić information content (AvgIpc) is 2.24. The van der Waals surface area contributed by atoms with E-state index in [0.29, 0.717) is 12.8 Å². The van der Waals surface area contributed by atoms with Crippen LogP contribution in [0.15, 0.2) is 0 Å². The molecule has 6 heteroatoms. The van der Waals surface area contributed by atoms with E-state index in [-0.39, 0.29) is 12.2 Å². The van der Waals surface area contributed by atoms with E-state index < -0.39 is 25.0 Å². The molecule has 0 aromatic heterocycles. The second-order valence-corrected chi connectivity index (χ2v) is 8.71. The molecule has 0 fully saturated rings. The molecule has 0 aromatic rings. The highest BCUT2D eigenvalue weighted by Gasteiger charge is 2.43. The molecule has 0 saturated heterocycles. The molecule has 0 amide bonds. The van der Waals surface area contributed by atoms with E-state index in [1.54, 1.807) is 0 Å². The second kappa shape index (κ2) is 7.48. The Morgan fingerprint density at radius 3 is 2.12 bits per heavy atom. The highest BCUT2D eigenvalue weighted by atomic mass is 32.3. The number of rotatable bonds is 9. The van der Waals surface area contributed by atoms with Crippen molar-refractivity contribution in [2.75, 3.05) is 5.75 Å². The molecule has 2 atom stereocenters. The first-order chi connectivity index (χ1) is 7.81. The molecule has 0 aliphatic rings. The summed E-state index contributed by atoms with van der Waals surface area (Å²) in [6, 6.07) is 0. The van der Waals surface area contributed by atoms with Crippen LogP contribution in [0.2, 0.25) is 0 Å². The quantitative estimate of drug-likeness (QED) is 0.522. The number of sulfone groups is 1. The van der Waals surface area contributed by atoms with Gasteiger partial charge in [-0.15, -0.1) is 0 Å². The molecule has 0 saturated carbocycles. The van der Waals surface area contributed by atoms with Crippen molar-refractivity contribution in [1.29, 1.82) is 0 Å². The average molecular weight is 284 g/mol. The zero-order valence-electron chi connectivity index (χ0n) is 10.9. The first kappa shape index (κ1) is 17.1. The summed E-state index contributed by atoms with van der Waals surface area (Å²) in [6.07, 6.45) is 4.28. The van der Waals surface area contributed by atoms with Gasteiger partial charge in [-0.3, -0.25) is 0 Å². The third-order valence-electron chi connectivity index (χ3n) is 3.00. The third-order valence-corrected chi connectivity index (χ3v) is 7.48. The summed E-state index contributed by atoms with van der Waals surface area (Å²) in [7, 11) is -3.51. The summed E-state index contributed by atoms with van der Waals surface area (Å²) in [5.74, 6) is 0.00972. The first-order valence-electron chi connectivity index (χ1n) is 6.15. The molecule has 4 nitrogen and oxygen atoms in total. The van der Waals surface area contributed by atoms with Gasteiger partial charge in [0.05, 0.1) is 5.75 Å². The van der Waals surface area contributed by atoms with Gasteiger partial charge < -0.3 is 4.55 Å². The lowest BCUT2D eigenvalue weighted by atomic mass is 10.2. The Bertz CT molecular complexity index is 337. The van der Waals surface area contributed by atoms with E-state index in [2.05, 4.69) is 6.92 Å². The molecule has 104 valence electrons. The van der Waals surface area contributed by atoms with Gasteiger partial charge >= 0.3 is 0 Å². The molecule has 0 aliphatic carbocycles. The zero-order chi connectivity index (χ0) is 13.5.